The highest BCUT2D eigenvalue weighted by Crippen LogP contribution is 2.20. The number of halogens is 1. The molecular formula is C11H13ClN4. The highest BCUT2D eigenvalue weighted by Gasteiger charge is 2.11. The first-order chi connectivity index (χ1) is 7.79. The molecule has 2 N–H and O–H groups in total. The highest BCUT2D eigenvalue weighted by atomic mass is 35.5. The van der Waals surface area contributed by atoms with Crippen LogP contribution in [0.1, 0.15) is 25.2 Å². The first kappa shape index (κ1) is 11.0. The summed E-state index contributed by atoms with van der Waals surface area (Å²) in [6, 6.07) is 3.85. The molecule has 0 fully saturated rings. The van der Waals surface area contributed by atoms with Crippen molar-refractivity contribution in [3.8, 4) is 0 Å². The lowest BCUT2D eigenvalue weighted by Crippen LogP contribution is -2.11. The molecule has 2 aromatic rings. The molecule has 0 amide bonds. The molecule has 1 unspecified atom stereocenters. The van der Waals surface area contributed by atoms with Gasteiger partial charge in [0.05, 0.1) is 6.04 Å². The summed E-state index contributed by atoms with van der Waals surface area (Å²) in [7, 11) is 0. The summed E-state index contributed by atoms with van der Waals surface area (Å²) >= 11 is 5.82. The third kappa shape index (κ3) is 2.52. The maximum atomic E-state index is 5.82. The number of hydrogen-bond donors (Lipinski definition) is 2. The third-order valence-electron chi connectivity index (χ3n) is 2.33. The van der Waals surface area contributed by atoms with Gasteiger partial charge in [0.2, 0.25) is 0 Å². The van der Waals surface area contributed by atoms with Crippen LogP contribution in [-0.2, 0) is 0 Å². The minimum Gasteiger partial charge on any atom is -0.375 e. The first-order valence-corrected chi connectivity index (χ1v) is 5.54. The fourth-order valence-corrected chi connectivity index (χ4v) is 1.70. The second-order valence-electron chi connectivity index (χ2n) is 3.45. The van der Waals surface area contributed by atoms with Crippen molar-refractivity contribution in [3.63, 3.8) is 0 Å². The van der Waals surface area contributed by atoms with Crippen LogP contribution in [0.25, 0.3) is 0 Å². The third-order valence-corrected chi connectivity index (χ3v) is 2.53. The van der Waals surface area contributed by atoms with Crippen LogP contribution in [-0.4, -0.2) is 15.0 Å². The Balaban J connectivity index is 2.13. The number of H-pyrrole nitrogens is 1. The van der Waals surface area contributed by atoms with Crippen LogP contribution >= 0.6 is 11.6 Å². The van der Waals surface area contributed by atoms with Gasteiger partial charge in [0.1, 0.15) is 11.0 Å². The minimum atomic E-state index is 0.161. The fourth-order valence-electron chi connectivity index (χ4n) is 1.53. The van der Waals surface area contributed by atoms with Crippen LogP contribution in [0.3, 0.4) is 0 Å². The van der Waals surface area contributed by atoms with Crippen LogP contribution in [0.5, 0.6) is 0 Å². The number of nitrogens with zero attached hydrogens (tertiary/aromatic N) is 2. The predicted molar refractivity (Wildman–Crippen MR) is 64.5 cm³/mol. The van der Waals surface area contributed by atoms with Gasteiger partial charge >= 0.3 is 0 Å². The molecule has 0 bridgehead atoms. The van der Waals surface area contributed by atoms with E-state index in [1.165, 1.54) is 0 Å². The summed E-state index contributed by atoms with van der Waals surface area (Å²) in [5.74, 6) is 0.926. The first-order valence-electron chi connectivity index (χ1n) is 5.17. The molecule has 0 aromatic carbocycles. The molecule has 1 atom stereocenters. The largest absolute Gasteiger partial charge is 0.375 e. The van der Waals surface area contributed by atoms with Crippen molar-refractivity contribution in [2.45, 2.75) is 19.4 Å². The molecule has 0 saturated carbocycles. The van der Waals surface area contributed by atoms with Gasteiger partial charge in [-0.15, -0.1) is 0 Å². The van der Waals surface area contributed by atoms with Gasteiger partial charge in [-0.1, -0.05) is 18.5 Å². The Labute approximate surface area is 99.1 Å². The van der Waals surface area contributed by atoms with E-state index in [0.29, 0.717) is 5.15 Å². The number of imidazole rings is 1. The van der Waals surface area contributed by atoms with Crippen LogP contribution in [0.4, 0.5) is 5.69 Å². The molecule has 2 rings (SSSR count). The maximum absolute atomic E-state index is 5.82. The van der Waals surface area contributed by atoms with E-state index in [1.807, 2.05) is 12.3 Å². The van der Waals surface area contributed by atoms with E-state index in [2.05, 4.69) is 27.2 Å². The zero-order chi connectivity index (χ0) is 11.4. The second-order valence-corrected chi connectivity index (χ2v) is 3.83. The topological polar surface area (TPSA) is 53.6 Å². The molecule has 5 heteroatoms. The minimum absolute atomic E-state index is 0.161. The van der Waals surface area contributed by atoms with Gasteiger partial charge in [-0.25, -0.2) is 9.97 Å². The van der Waals surface area contributed by atoms with Crippen LogP contribution in [0.15, 0.2) is 30.7 Å². The van der Waals surface area contributed by atoms with Gasteiger partial charge < -0.3 is 10.3 Å². The molecule has 84 valence electrons. The van der Waals surface area contributed by atoms with E-state index < -0.39 is 0 Å². The van der Waals surface area contributed by atoms with Crippen LogP contribution < -0.4 is 5.32 Å². The van der Waals surface area contributed by atoms with Crippen LogP contribution in [0, 0.1) is 0 Å². The quantitative estimate of drug-likeness (QED) is 0.803. The SMILES string of the molecule is CCC(Nc1ccnc(Cl)c1)c1ncc[nH]1. The molecule has 0 saturated heterocycles. The standard InChI is InChI=1S/C11H13ClN4/c1-2-9(11-14-5-6-15-11)16-8-3-4-13-10(12)7-8/h3-7,9H,2H2,1H3,(H,13,16)(H,14,15). The van der Waals surface area contributed by atoms with Gasteiger partial charge in [-0.3, -0.25) is 0 Å². The average Bonchev–Trinajstić information content (AvgIpc) is 2.79. The Morgan fingerprint density at radius 2 is 2.31 bits per heavy atom. The Hall–Kier alpha value is -1.55. The smallest absolute Gasteiger partial charge is 0.131 e. The fraction of sp³-hybridized carbons (Fsp3) is 0.273. The number of pyridine rings is 1. The summed E-state index contributed by atoms with van der Waals surface area (Å²) in [5, 5.41) is 3.84. The van der Waals surface area contributed by atoms with E-state index in [4.69, 9.17) is 11.6 Å². The molecule has 0 aliphatic carbocycles. The van der Waals surface area contributed by atoms with Crippen molar-refractivity contribution in [1.82, 2.24) is 15.0 Å². The lowest BCUT2D eigenvalue weighted by Gasteiger charge is -2.15. The zero-order valence-corrected chi connectivity index (χ0v) is 9.70. The Bertz CT molecular complexity index is 441. The summed E-state index contributed by atoms with van der Waals surface area (Å²) in [5.41, 5.74) is 0.947. The predicted octanol–water partition coefficient (Wildman–Crippen LogP) is 3.02. The summed E-state index contributed by atoms with van der Waals surface area (Å²) < 4.78 is 0. The number of nitrogens with one attached hydrogen (secondary N) is 2. The van der Waals surface area contributed by atoms with Crippen molar-refractivity contribution < 1.29 is 0 Å². The van der Waals surface area contributed by atoms with Crippen molar-refractivity contribution in [2.75, 3.05) is 5.32 Å². The molecule has 0 radical (unpaired) electrons. The van der Waals surface area contributed by atoms with E-state index in [9.17, 15) is 0 Å². The molecule has 0 aliphatic rings. The molecule has 4 nitrogen and oxygen atoms in total. The second kappa shape index (κ2) is 4.99. The number of hydrogen-bond acceptors (Lipinski definition) is 3. The summed E-state index contributed by atoms with van der Waals surface area (Å²) in [6.45, 7) is 2.10. The Kier molecular flexibility index (Phi) is 3.41. The molecule has 16 heavy (non-hydrogen) atoms. The van der Waals surface area contributed by atoms with Crippen molar-refractivity contribution >= 4 is 17.3 Å². The van der Waals surface area contributed by atoms with Gasteiger partial charge in [-0.05, 0) is 18.6 Å². The number of rotatable bonds is 4. The van der Waals surface area contributed by atoms with E-state index in [0.717, 1.165) is 17.9 Å². The van der Waals surface area contributed by atoms with Gasteiger partial charge in [0.15, 0.2) is 0 Å². The van der Waals surface area contributed by atoms with E-state index in [1.54, 1.807) is 18.5 Å². The average molecular weight is 237 g/mol. The van der Waals surface area contributed by atoms with Crippen LogP contribution in [0.2, 0.25) is 5.15 Å². The van der Waals surface area contributed by atoms with Crippen molar-refractivity contribution in [2.24, 2.45) is 0 Å². The molecule has 2 aromatic heterocycles. The zero-order valence-electron chi connectivity index (χ0n) is 8.94. The van der Waals surface area contributed by atoms with Gasteiger partial charge in [0.25, 0.3) is 0 Å². The van der Waals surface area contributed by atoms with Gasteiger partial charge in [-0.2, -0.15) is 0 Å². The maximum Gasteiger partial charge on any atom is 0.131 e. The van der Waals surface area contributed by atoms with Crippen molar-refractivity contribution in [3.05, 3.63) is 41.7 Å². The number of anilines is 1. The molecule has 0 aliphatic heterocycles. The van der Waals surface area contributed by atoms with E-state index in [-0.39, 0.29) is 6.04 Å². The lowest BCUT2D eigenvalue weighted by molar-refractivity contribution is 0.704. The Morgan fingerprint density at radius 3 is 2.94 bits per heavy atom. The molecular weight excluding hydrogens is 224 g/mol. The highest BCUT2D eigenvalue weighted by molar-refractivity contribution is 6.29. The van der Waals surface area contributed by atoms with Crippen molar-refractivity contribution in [1.29, 1.82) is 0 Å². The summed E-state index contributed by atoms with van der Waals surface area (Å²) in [4.78, 5) is 11.3. The normalized spacial score (nSPS) is 12.4. The lowest BCUT2D eigenvalue weighted by atomic mass is 10.2. The number of aromatic amines is 1. The molecule has 2 heterocycles. The number of aromatic nitrogens is 3. The van der Waals surface area contributed by atoms with E-state index >= 15 is 0 Å². The monoisotopic (exact) mass is 236 g/mol. The van der Waals surface area contributed by atoms with Gasteiger partial charge in [0, 0.05) is 24.3 Å². The summed E-state index contributed by atoms with van der Waals surface area (Å²) in [6.07, 6.45) is 6.19. The molecule has 0 spiro atoms. The Morgan fingerprint density at radius 1 is 1.44 bits per heavy atom.